The van der Waals surface area contributed by atoms with Crippen LogP contribution in [0.4, 0.5) is 4.79 Å². The highest BCUT2D eigenvalue weighted by Crippen LogP contribution is 2.15. The summed E-state index contributed by atoms with van der Waals surface area (Å²) in [6.45, 7) is 0.125. The van der Waals surface area contributed by atoms with Gasteiger partial charge in [0, 0.05) is 16.8 Å². The summed E-state index contributed by atoms with van der Waals surface area (Å²) in [6.07, 6.45) is 4.07. The van der Waals surface area contributed by atoms with Gasteiger partial charge in [-0.25, -0.2) is 4.79 Å². The normalized spacial score (nSPS) is 10.6. The molecule has 4 nitrogen and oxygen atoms in total. The van der Waals surface area contributed by atoms with Gasteiger partial charge in [0.05, 0.1) is 6.26 Å². The molecule has 0 saturated heterocycles. The van der Waals surface area contributed by atoms with Crippen LogP contribution in [-0.4, -0.2) is 6.09 Å². The maximum Gasteiger partial charge on any atom is 0.411 e. The minimum absolute atomic E-state index is 0.125. The zero-order valence-corrected chi connectivity index (χ0v) is 10.8. The van der Waals surface area contributed by atoms with E-state index in [1.165, 1.54) is 6.20 Å². The lowest BCUT2D eigenvalue weighted by Crippen LogP contribution is -2.18. The van der Waals surface area contributed by atoms with E-state index < -0.39 is 6.09 Å². The molecule has 2 aromatic rings. The van der Waals surface area contributed by atoms with E-state index in [0.717, 1.165) is 5.56 Å². The second kappa shape index (κ2) is 6.66. The molecule has 2 rings (SSSR count). The van der Waals surface area contributed by atoms with Crippen molar-refractivity contribution in [2.45, 2.75) is 6.61 Å². The number of hydrogen-bond donors (Lipinski definition) is 1. The zero-order valence-electron chi connectivity index (χ0n) is 10.0. The summed E-state index contributed by atoms with van der Waals surface area (Å²) in [7, 11) is 0. The zero-order chi connectivity index (χ0) is 13.5. The van der Waals surface area contributed by atoms with Gasteiger partial charge in [-0.1, -0.05) is 29.8 Å². The Bertz CT molecular complexity index is 564. The van der Waals surface area contributed by atoms with Gasteiger partial charge in [-0.3, -0.25) is 5.32 Å². The van der Waals surface area contributed by atoms with Crippen molar-refractivity contribution in [1.29, 1.82) is 0 Å². The molecule has 0 atom stereocenters. The third kappa shape index (κ3) is 4.19. The van der Waals surface area contributed by atoms with Crippen LogP contribution >= 0.6 is 11.6 Å². The molecule has 1 N–H and O–H groups in total. The summed E-state index contributed by atoms with van der Waals surface area (Å²) >= 11 is 5.94. The summed E-state index contributed by atoms with van der Waals surface area (Å²) in [6, 6.07) is 10.7. The van der Waals surface area contributed by atoms with Crippen molar-refractivity contribution >= 4 is 23.8 Å². The van der Waals surface area contributed by atoms with Gasteiger partial charge in [0.2, 0.25) is 0 Å². The number of rotatable bonds is 4. The van der Waals surface area contributed by atoms with Gasteiger partial charge in [-0.05, 0) is 24.3 Å². The molecule has 98 valence electrons. The predicted octanol–water partition coefficient (Wildman–Crippen LogP) is 3.83. The number of hydrogen-bond acceptors (Lipinski definition) is 3. The van der Waals surface area contributed by atoms with Crippen molar-refractivity contribution < 1.29 is 13.9 Å². The van der Waals surface area contributed by atoms with E-state index in [0.29, 0.717) is 10.8 Å². The van der Waals surface area contributed by atoms with Crippen molar-refractivity contribution in [1.82, 2.24) is 5.32 Å². The minimum Gasteiger partial charge on any atom is -0.465 e. The Labute approximate surface area is 115 Å². The smallest absolute Gasteiger partial charge is 0.411 e. The third-order valence-corrected chi connectivity index (χ3v) is 2.68. The molecular weight excluding hydrogens is 266 g/mol. The molecule has 0 saturated carbocycles. The Morgan fingerprint density at radius 1 is 1.32 bits per heavy atom. The minimum atomic E-state index is -0.553. The SMILES string of the molecule is O=C(N/C=C/c1ccco1)OCc1ccccc1Cl. The highest BCUT2D eigenvalue weighted by atomic mass is 35.5. The molecule has 19 heavy (non-hydrogen) atoms. The average molecular weight is 278 g/mol. The number of ether oxygens (including phenoxy) is 1. The van der Waals surface area contributed by atoms with Crippen LogP contribution in [0.5, 0.6) is 0 Å². The molecular formula is C14H12ClNO3. The lowest BCUT2D eigenvalue weighted by molar-refractivity contribution is 0.143. The van der Waals surface area contributed by atoms with Crippen LogP contribution in [0, 0.1) is 0 Å². The largest absolute Gasteiger partial charge is 0.465 e. The Morgan fingerprint density at radius 3 is 2.89 bits per heavy atom. The van der Waals surface area contributed by atoms with Crippen LogP contribution in [0.15, 0.2) is 53.3 Å². The van der Waals surface area contributed by atoms with E-state index in [2.05, 4.69) is 5.32 Å². The number of carbonyl (C=O) groups excluding carboxylic acids is 1. The fourth-order valence-corrected chi connectivity index (χ4v) is 1.57. The van der Waals surface area contributed by atoms with E-state index in [1.807, 2.05) is 12.1 Å². The molecule has 0 aliphatic rings. The lowest BCUT2D eigenvalue weighted by Gasteiger charge is -2.05. The highest BCUT2D eigenvalue weighted by Gasteiger charge is 2.03. The number of halogens is 1. The lowest BCUT2D eigenvalue weighted by atomic mass is 10.2. The number of alkyl carbamates (subject to hydrolysis) is 1. The molecule has 1 aromatic heterocycles. The summed E-state index contributed by atoms with van der Waals surface area (Å²) in [5.41, 5.74) is 0.759. The number of amides is 1. The molecule has 1 aromatic carbocycles. The molecule has 0 spiro atoms. The second-order valence-corrected chi connectivity index (χ2v) is 4.07. The predicted molar refractivity (Wildman–Crippen MR) is 72.5 cm³/mol. The molecule has 0 fully saturated rings. The van der Waals surface area contributed by atoms with Crippen molar-refractivity contribution in [2.75, 3.05) is 0 Å². The molecule has 0 bridgehead atoms. The van der Waals surface area contributed by atoms with E-state index in [9.17, 15) is 4.79 Å². The van der Waals surface area contributed by atoms with Crippen molar-refractivity contribution in [3.8, 4) is 0 Å². The molecule has 0 unspecified atom stereocenters. The van der Waals surface area contributed by atoms with Gasteiger partial charge < -0.3 is 9.15 Å². The average Bonchev–Trinajstić information content (AvgIpc) is 2.91. The number of benzene rings is 1. The van der Waals surface area contributed by atoms with Gasteiger partial charge >= 0.3 is 6.09 Å². The second-order valence-electron chi connectivity index (χ2n) is 3.66. The van der Waals surface area contributed by atoms with Crippen LogP contribution in [0.1, 0.15) is 11.3 Å². The Hall–Kier alpha value is -2.20. The van der Waals surface area contributed by atoms with Crippen molar-refractivity contribution in [3.05, 3.63) is 65.2 Å². The van der Waals surface area contributed by atoms with Crippen LogP contribution in [0.25, 0.3) is 6.08 Å². The molecule has 0 radical (unpaired) electrons. The van der Waals surface area contributed by atoms with Crippen molar-refractivity contribution in [3.63, 3.8) is 0 Å². The fraction of sp³-hybridized carbons (Fsp3) is 0.0714. The summed E-state index contributed by atoms with van der Waals surface area (Å²) < 4.78 is 10.1. The van der Waals surface area contributed by atoms with E-state index in [1.54, 1.807) is 36.6 Å². The third-order valence-electron chi connectivity index (χ3n) is 2.31. The quantitative estimate of drug-likeness (QED) is 0.924. The van der Waals surface area contributed by atoms with Gasteiger partial charge in [-0.15, -0.1) is 0 Å². The number of carbonyl (C=O) groups is 1. The van der Waals surface area contributed by atoms with Crippen LogP contribution < -0.4 is 5.32 Å². The first-order chi connectivity index (χ1) is 9.25. The number of furan rings is 1. The van der Waals surface area contributed by atoms with Gasteiger partial charge in [0.15, 0.2) is 0 Å². The van der Waals surface area contributed by atoms with Gasteiger partial charge in [-0.2, -0.15) is 0 Å². The summed E-state index contributed by atoms with van der Waals surface area (Å²) in [5, 5.41) is 3.04. The number of nitrogens with one attached hydrogen (secondary N) is 1. The first kappa shape index (κ1) is 13.2. The first-order valence-corrected chi connectivity index (χ1v) is 6.00. The topological polar surface area (TPSA) is 51.5 Å². The van der Waals surface area contributed by atoms with Crippen LogP contribution in [0.2, 0.25) is 5.02 Å². The van der Waals surface area contributed by atoms with Crippen molar-refractivity contribution in [2.24, 2.45) is 0 Å². The monoisotopic (exact) mass is 277 g/mol. The summed E-state index contributed by atoms with van der Waals surface area (Å²) in [5.74, 6) is 0.645. The maximum absolute atomic E-state index is 11.4. The van der Waals surface area contributed by atoms with Gasteiger partial charge in [0.25, 0.3) is 0 Å². The Kier molecular flexibility index (Phi) is 4.64. The van der Waals surface area contributed by atoms with Crippen LogP contribution in [-0.2, 0) is 11.3 Å². The Balaban J connectivity index is 1.78. The summed E-state index contributed by atoms with van der Waals surface area (Å²) in [4.78, 5) is 11.4. The molecule has 0 aliphatic heterocycles. The molecule has 1 heterocycles. The van der Waals surface area contributed by atoms with Crippen LogP contribution in [0.3, 0.4) is 0 Å². The fourth-order valence-electron chi connectivity index (χ4n) is 1.38. The van der Waals surface area contributed by atoms with E-state index >= 15 is 0 Å². The molecule has 5 heteroatoms. The van der Waals surface area contributed by atoms with E-state index in [-0.39, 0.29) is 6.61 Å². The van der Waals surface area contributed by atoms with Gasteiger partial charge in [0.1, 0.15) is 12.4 Å². The molecule has 0 aliphatic carbocycles. The Morgan fingerprint density at radius 2 is 2.16 bits per heavy atom. The van der Waals surface area contributed by atoms with E-state index in [4.69, 9.17) is 20.8 Å². The highest BCUT2D eigenvalue weighted by molar-refractivity contribution is 6.31. The standard InChI is InChI=1S/C14H12ClNO3/c15-13-6-2-1-4-11(13)10-19-14(17)16-8-7-12-5-3-9-18-12/h1-9H,10H2,(H,16,17)/b8-7+. The first-order valence-electron chi connectivity index (χ1n) is 5.62. The maximum atomic E-state index is 11.4. The molecule has 1 amide bonds.